The first-order valence-electron chi connectivity index (χ1n) is 12.0. The minimum atomic E-state index is -4.99. The third kappa shape index (κ3) is 4.09. The van der Waals surface area contributed by atoms with Gasteiger partial charge in [0.05, 0.1) is 41.1 Å². The smallest absolute Gasteiger partial charge is 0.332 e. The molecule has 5 aromatic heterocycles. The molecule has 0 bridgehead atoms. The monoisotopic (exact) mass is 568 g/mol. The molecule has 0 saturated heterocycles. The van der Waals surface area contributed by atoms with Crippen LogP contribution in [0.25, 0.3) is 33.3 Å². The molecular weight excluding hydrogens is 552 g/mol. The largest absolute Gasteiger partial charge is 0.434 e. The fraction of sp³-hybridized carbons (Fsp3) is 0.154. The fourth-order valence-corrected chi connectivity index (χ4v) is 4.89. The van der Waals surface area contributed by atoms with Gasteiger partial charge in [-0.2, -0.15) is 28.5 Å². The van der Waals surface area contributed by atoms with Gasteiger partial charge in [-0.3, -0.25) is 9.78 Å². The predicted octanol–water partition coefficient (Wildman–Crippen LogP) is 5.80. The van der Waals surface area contributed by atoms with Crippen LogP contribution in [0.2, 0.25) is 5.02 Å². The number of rotatable bonds is 6. The van der Waals surface area contributed by atoms with Crippen molar-refractivity contribution < 1.29 is 22.4 Å². The molecule has 0 aliphatic carbocycles. The van der Waals surface area contributed by atoms with Crippen LogP contribution in [-0.2, 0) is 12.7 Å². The lowest BCUT2D eigenvalue weighted by Gasteiger charge is -2.14. The summed E-state index contributed by atoms with van der Waals surface area (Å²) in [6.45, 7) is 2.34. The van der Waals surface area contributed by atoms with Gasteiger partial charge in [-0.05, 0) is 18.6 Å². The molecule has 9 nitrogen and oxygen atoms in total. The van der Waals surface area contributed by atoms with Crippen LogP contribution < -0.4 is 0 Å². The lowest BCUT2D eigenvalue weighted by molar-refractivity contribution is -0.143. The van der Waals surface area contributed by atoms with Crippen LogP contribution in [0.4, 0.5) is 17.6 Å². The fourth-order valence-electron chi connectivity index (χ4n) is 4.66. The van der Waals surface area contributed by atoms with E-state index in [2.05, 4.69) is 25.3 Å². The third-order valence-corrected chi connectivity index (χ3v) is 6.62. The first kappa shape index (κ1) is 25.6. The lowest BCUT2D eigenvalue weighted by atomic mass is 10.0. The van der Waals surface area contributed by atoms with Gasteiger partial charge in [0.15, 0.2) is 17.3 Å². The van der Waals surface area contributed by atoms with Gasteiger partial charge in [0.25, 0.3) is 0 Å². The summed E-state index contributed by atoms with van der Waals surface area (Å²) in [6.07, 6.45) is 3.21. The zero-order valence-electron chi connectivity index (χ0n) is 20.6. The Morgan fingerprint density at radius 1 is 1.00 bits per heavy atom. The maximum absolute atomic E-state index is 14.5. The van der Waals surface area contributed by atoms with Crippen molar-refractivity contribution in [2.45, 2.75) is 26.1 Å². The normalized spacial score (nSPS) is 12.1. The van der Waals surface area contributed by atoms with Gasteiger partial charge in [0.2, 0.25) is 0 Å². The second-order valence-corrected chi connectivity index (χ2v) is 9.27. The first-order valence-corrected chi connectivity index (χ1v) is 12.4. The Hall–Kier alpha value is -4.65. The van der Waals surface area contributed by atoms with Crippen molar-refractivity contribution in [3.63, 3.8) is 0 Å². The number of aromatic nitrogens is 8. The molecule has 0 spiro atoms. The molecule has 0 saturated carbocycles. The number of carbonyl (C=O) groups is 1. The van der Waals surface area contributed by atoms with Crippen molar-refractivity contribution in [1.82, 2.24) is 39.3 Å². The van der Waals surface area contributed by atoms with E-state index in [9.17, 15) is 22.4 Å². The maximum Gasteiger partial charge on any atom is 0.434 e. The number of fused-ring (bicyclic) bond motifs is 2. The number of hydrogen-bond donors (Lipinski definition) is 0. The van der Waals surface area contributed by atoms with E-state index in [0.29, 0.717) is 23.3 Å². The summed E-state index contributed by atoms with van der Waals surface area (Å²) >= 11 is 6.44. The molecule has 0 atom stereocenters. The Labute approximate surface area is 227 Å². The number of ketones is 1. The number of halogens is 5. The molecular formula is C26H17ClF4N8O. The summed E-state index contributed by atoms with van der Waals surface area (Å²) in [4.78, 5) is 23.4. The van der Waals surface area contributed by atoms with E-state index >= 15 is 0 Å². The molecule has 202 valence electrons. The number of nitrogens with zero attached hydrogens (tertiary/aromatic N) is 8. The van der Waals surface area contributed by atoms with Gasteiger partial charge in [0, 0.05) is 40.7 Å². The summed E-state index contributed by atoms with van der Waals surface area (Å²) in [6, 6.07) is 5.46. The molecule has 6 aromatic rings. The van der Waals surface area contributed by atoms with Crippen LogP contribution in [0.5, 0.6) is 0 Å². The van der Waals surface area contributed by atoms with E-state index in [-0.39, 0.29) is 38.3 Å². The van der Waals surface area contributed by atoms with Crippen molar-refractivity contribution in [3.05, 3.63) is 89.1 Å². The molecule has 14 heteroatoms. The Balaban J connectivity index is 1.55. The van der Waals surface area contributed by atoms with Crippen LogP contribution in [0.3, 0.4) is 0 Å². The topological polar surface area (TPSA) is 96.3 Å². The molecule has 1 aromatic carbocycles. The third-order valence-electron chi connectivity index (χ3n) is 6.34. The number of carbonyl (C=O) groups excluding carboxylic acids is 1. The zero-order valence-corrected chi connectivity index (χ0v) is 21.3. The van der Waals surface area contributed by atoms with Crippen LogP contribution in [0, 0.1) is 5.82 Å². The lowest BCUT2D eigenvalue weighted by Crippen LogP contribution is -2.18. The highest BCUT2D eigenvalue weighted by Gasteiger charge is 2.41. The van der Waals surface area contributed by atoms with Crippen LogP contribution in [0.1, 0.15) is 35.0 Å². The van der Waals surface area contributed by atoms with Gasteiger partial charge in [0.1, 0.15) is 11.5 Å². The summed E-state index contributed by atoms with van der Waals surface area (Å²) in [7, 11) is 0. The second-order valence-electron chi connectivity index (χ2n) is 8.86. The zero-order chi connectivity index (χ0) is 28.2. The first-order chi connectivity index (χ1) is 19.2. The summed E-state index contributed by atoms with van der Waals surface area (Å²) < 4.78 is 60.2. The second kappa shape index (κ2) is 9.52. The number of aryl methyl sites for hydroxylation is 1. The molecule has 40 heavy (non-hydrogen) atoms. The minimum Gasteiger partial charge on any atom is -0.332 e. The molecule has 0 aliphatic rings. The van der Waals surface area contributed by atoms with Gasteiger partial charge >= 0.3 is 6.18 Å². The molecule has 0 N–H and O–H groups in total. The van der Waals surface area contributed by atoms with Crippen LogP contribution in [0.15, 0.2) is 61.4 Å². The van der Waals surface area contributed by atoms with E-state index in [4.69, 9.17) is 11.6 Å². The Bertz CT molecular complexity index is 1910. The summed E-state index contributed by atoms with van der Waals surface area (Å²) in [5.74, 6) is -1.38. The Kier molecular flexibility index (Phi) is 6.10. The molecule has 0 radical (unpaired) electrons. The molecule has 0 aliphatic heterocycles. The molecule has 0 unspecified atom stereocenters. The highest BCUT2D eigenvalue weighted by molar-refractivity contribution is 6.33. The SMILES string of the molecule is CCCn1cc(C(=O)c2cnn(-c3cncc4c(F)cccc34)c2C(F)(F)F)c2cc(Cl)c(-n3nccn3)nc21. The quantitative estimate of drug-likeness (QED) is 0.186. The Morgan fingerprint density at radius 2 is 1.77 bits per heavy atom. The number of hydrogen-bond acceptors (Lipinski definition) is 6. The van der Waals surface area contributed by atoms with E-state index in [1.54, 1.807) is 4.57 Å². The maximum atomic E-state index is 14.5. The van der Waals surface area contributed by atoms with Crippen LogP contribution >= 0.6 is 11.6 Å². The van der Waals surface area contributed by atoms with Crippen molar-refractivity contribution in [1.29, 1.82) is 0 Å². The number of pyridine rings is 2. The van der Waals surface area contributed by atoms with Crippen LogP contribution in [-0.4, -0.2) is 45.1 Å². The predicted molar refractivity (Wildman–Crippen MR) is 137 cm³/mol. The minimum absolute atomic E-state index is 0.0160. The Morgan fingerprint density at radius 3 is 2.50 bits per heavy atom. The number of alkyl halides is 3. The van der Waals surface area contributed by atoms with Gasteiger partial charge in [-0.25, -0.2) is 14.1 Å². The van der Waals surface area contributed by atoms with E-state index in [1.807, 2.05) is 6.92 Å². The van der Waals surface area contributed by atoms with Crippen molar-refractivity contribution in [2.75, 3.05) is 0 Å². The summed E-state index contributed by atoms with van der Waals surface area (Å²) in [5.41, 5.74) is -1.84. The van der Waals surface area contributed by atoms with Crippen molar-refractivity contribution >= 4 is 39.2 Å². The average Bonchev–Trinajstić information content (AvgIpc) is 3.67. The van der Waals surface area contributed by atoms with E-state index in [1.165, 1.54) is 53.8 Å². The summed E-state index contributed by atoms with van der Waals surface area (Å²) in [5, 5.41) is 12.5. The van der Waals surface area contributed by atoms with E-state index in [0.717, 1.165) is 12.4 Å². The van der Waals surface area contributed by atoms with Crippen molar-refractivity contribution in [2.24, 2.45) is 0 Å². The molecule has 0 amide bonds. The highest BCUT2D eigenvalue weighted by atomic mass is 35.5. The molecule has 0 fully saturated rings. The van der Waals surface area contributed by atoms with E-state index < -0.39 is 29.0 Å². The van der Waals surface area contributed by atoms with Gasteiger partial charge < -0.3 is 4.57 Å². The van der Waals surface area contributed by atoms with Gasteiger partial charge in [-0.15, -0.1) is 4.80 Å². The molecule has 6 rings (SSSR count). The van der Waals surface area contributed by atoms with Crippen molar-refractivity contribution in [3.8, 4) is 11.5 Å². The number of benzene rings is 1. The standard InChI is InChI=1S/C26H17ClF4N8O/c1-2-8-37-13-18(15-9-19(27)25(36-24(15)37)39-33-6-7-34-39)22(40)17-11-35-38(23(17)26(29,30)31)21-12-32-10-16-14(21)4-3-5-20(16)28/h3-7,9-13H,2,8H2,1H3. The van der Waals surface area contributed by atoms with Gasteiger partial charge in [-0.1, -0.05) is 30.7 Å². The molecule has 5 heterocycles. The highest BCUT2D eigenvalue weighted by Crippen LogP contribution is 2.37. The average molecular weight is 569 g/mol.